The van der Waals surface area contributed by atoms with Crippen molar-refractivity contribution in [2.45, 2.75) is 19.5 Å². The molecule has 8 nitrogen and oxygen atoms in total. The lowest BCUT2D eigenvalue weighted by atomic mass is 10.1. The summed E-state index contributed by atoms with van der Waals surface area (Å²) in [5.74, 6) is -2.22. The van der Waals surface area contributed by atoms with E-state index in [0.29, 0.717) is 16.0 Å². The van der Waals surface area contributed by atoms with E-state index in [9.17, 15) is 32.7 Å². The molecule has 3 N–H and O–H groups in total. The number of carboxylic acid groups (broad SMARTS) is 1. The van der Waals surface area contributed by atoms with Gasteiger partial charge in [-0.3, -0.25) is 14.4 Å². The van der Waals surface area contributed by atoms with Gasteiger partial charge in [0.25, 0.3) is 11.8 Å². The second kappa shape index (κ2) is 10.9. The van der Waals surface area contributed by atoms with Crippen molar-refractivity contribution in [1.82, 2.24) is 10.3 Å². The molecule has 2 amide bonds. The van der Waals surface area contributed by atoms with E-state index in [-0.39, 0.29) is 34.2 Å². The summed E-state index contributed by atoms with van der Waals surface area (Å²) in [5.41, 5.74) is 2.51. The Hall–Kier alpha value is -3.71. The molecule has 36 heavy (non-hydrogen) atoms. The van der Waals surface area contributed by atoms with Gasteiger partial charge in [-0.1, -0.05) is 12.1 Å². The van der Waals surface area contributed by atoms with Crippen LogP contribution in [-0.2, 0) is 11.0 Å². The Labute approximate surface area is 211 Å². The highest BCUT2D eigenvalue weighted by Crippen LogP contribution is 2.40. The smallest absolute Gasteiger partial charge is 0.416 e. The minimum atomic E-state index is -4.46. The number of aromatic hydroxyl groups is 1. The molecule has 0 unspecified atom stereocenters. The maximum atomic E-state index is 12.8. The van der Waals surface area contributed by atoms with E-state index in [1.54, 1.807) is 12.3 Å². The molecule has 0 atom stereocenters. The average molecular weight is 540 g/mol. The van der Waals surface area contributed by atoms with Gasteiger partial charge in [-0.2, -0.15) is 18.3 Å². The maximum absolute atomic E-state index is 12.8. The van der Waals surface area contributed by atoms with Crippen molar-refractivity contribution >= 4 is 46.2 Å². The second-order valence-corrected chi connectivity index (χ2v) is 9.54. The first-order chi connectivity index (χ1) is 16.9. The summed E-state index contributed by atoms with van der Waals surface area (Å²) in [6.45, 7) is 1.56. The van der Waals surface area contributed by atoms with Crippen LogP contribution in [0.3, 0.4) is 0 Å². The summed E-state index contributed by atoms with van der Waals surface area (Å²) in [4.78, 5) is 37.6. The number of nitrogens with one attached hydrogen (secondary N) is 1. The summed E-state index contributed by atoms with van der Waals surface area (Å²) in [6.07, 6.45) is -4.67. The Kier molecular flexibility index (Phi) is 8.15. The Bertz CT molecular complexity index is 1310. The third-order valence-corrected chi connectivity index (χ3v) is 7.09. The van der Waals surface area contributed by atoms with Crippen LogP contribution in [0, 0.1) is 0 Å². The highest BCUT2D eigenvalue weighted by atomic mass is 32.1. The number of carbonyl (C=O) groups excluding carboxylic acids is 2. The predicted octanol–water partition coefficient (Wildman–Crippen LogP) is 4.90. The third-order valence-electron chi connectivity index (χ3n) is 5.00. The highest BCUT2D eigenvalue weighted by Gasteiger charge is 2.30. The lowest BCUT2D eigenvalue weighted by Gasteiger charge is -2.14. The minimum Gasteiger partial charge on any atom is -0.506 e. The van der Waals surface area contributed by atoms with Crippen LogP contribution < -0.4 is 5.43 Å². The Morgan fingerprint density at radius 3 is 2.33 bits per heavy atom. The first-order valence-corrected chi connectivity index (χ1v) is 12.0. The molecule has 0 saturated heterocycles. The van der Waals surface area contributed by atoms with Gasteiger partial charge >= 0.3 is 12.1 Å². The van der Waals surface area contributed by atoms with Gasteiger partial charge in [-0.15, -0.1) is 22.7 Å². The van der Waals surface area contributed by atoms with Crippen LogP contribution in [0.25, 0.3) is 10.4 Å². The molecule has 2 heterocycles. The van der Waals surface area contributed by atoms with Gasteiger partial charge in [0.05, 0.1) is 37.9 Å². The normalized spacial score (nSPS) is 11.9. The van der Waals surface area contributed by atoms with Crippen LogP contribution in [0.4, 0.5) is 13.2 Å². The molecule has 3 rings (SSSR count). The number of thiophene rings is 2. The van der Waals surface area contributed by atoms with E-state index in [0.717, 1.165) is 34.8 Å². The topological polar surface area (TPSA) is 119 Å². The average Bonchev–Trinajstić information content (AvgIpc) is 3.47. The fourth-order valence-electron chi connectivity index (χ4n) is 3.00. The molecule has 0 spiro atoms. The molecule has 0 saturated carbocycles. The lowest BCUT2D eigenvalue weighted by Crippen LogP contribution is -2.28. The fourth-order valence-corrected chi connectivity index (χ4v) is 4.90. The largest absolute Gasteiger partial charge is 0.506 e. The lowest BCUT2D eigenvalue weighted by molar-refractivity contribution is -0.138. The van der Waals surface area contributed by atoms with Crippen molar-refractivity contribution < 1.29 is 37.8 Å². The van der Waals surface area contributed by atoms with Gasteiger partial charge in [0.1, 0.15) is 5.75 Å². The zero-order valence-electron chi connectivity index (χ0n) is 18.9. The number of aliphatic carboxylic acids is 1. The van der Waals surface area contributed by atoms with Crippen LogP contribution >= 0.6 is 22.7 Å². The number of alkyl halides is 3. The van der Waals surface area contributed by atoms with Crippen molar-refractivity contribution in [3.05, 3.63) is 62.7 Å². The zero-order valence-corrected chi connectivity index (χ0v) is 20.6. The molecule has 0 aliphatic rings. The van der Waals surface area contributed by atoms with Gasteiger partial charge in [-0.25, -0.2) is 5.43 Å². The van der Waals surface area contributed by atoms with E-state index in [4.69, 9.17) is 5.11 Å². The monoisotopic (exact) mass is 539 g/mol. The first-order valence-electron chi connectivity index (χ1n) is 10.3. The number of hydrogen-bond donors (Lipinski definition) is 3. The Balaban J connectivity index is 1.68. The molecule has 0 aliphatic carbocycles. The molecule has 3 aromatic rings. The number of amides is 2. The number of carboxylic acids is 1. The van der Waals surface area contributed by atoms with Crippen molar-refractivity contribution in [3.8, 4) is 16.2 Å². The summed E-state index contributed by atoms with van der Waals surface area (Å²) < 4.78 is 38.3. The maximum Gasteiger partial charge on any atom is 0.416 e. The Morgan fingerprint density at radius 2 is 1.72 bits per heavy atom. The summed E-state index contributed by atoms with van der Waals surface area (Å²) in [6, 6.07) is 7.28. The summed E-state index contributed by atoms with van der Waals surface area (Å²) >= 11 is 2.03. The number of carbonyl (C=O) groups is 3. The van der Waals surface area contributed by atoms with Gasteiger partial charge < -0.3 is 15.1 Å². The van der Waals surface area contributed by atoms with E-state index < -0.39 is 29.5 Å². The SMILES string of the molecule is CC(=NNC(=O)c1ccc(C(=O)N(C)CCC(=O)O)s1)c1csc(-c2ccc(C(F)(F)F)cc2)c1O. The van der Waals surface area contributed by atoms with Crippen LogP contribution in [0.15, 0.2) is 46.9 Å². The van der Waals surface area contributed by atoms with Crippen LogP contribution in [-0.4, -0.2) is 52.2 Å². The standard InChI is InChI=1S/C23H20F3N3O5S2/c1-12(15-11-35-20(19(15)32)13-3-5-14(6-4-13)23(24,25)26)27-28-21(33)16-7-8-17(36-16)22(34)29(2)10-9-18(30)31/h3-8,11,32H,9-10H2,1-2H3,(H,28,33)(H,30,31). The number of rotatable bonds is 8. The quantitative estimate of drug-likeness (QED) is 0.278. The van der Waals surface area contributed by atoms with Gasteiger partial charge in [0.15, 0.2) is 0 Å². The molecule has 0 bridgehead atoms. The summed E-state index contributed by atoms with van der Waals surface area (Å²) in [7, 11) is 1.46. The first kappa shape index (κ1) is 26.9. The Morgan fingerprint density at radius 1 is 1.08 bits per heavy atom. The molecule has 0 radical (unpaired) electrons. The van der Waals surface area contributed by atoms with Gasteiger partial charge in [0.2, 0.25) is 0 Å². The molecular formula is C23H20F3N3O5S2. The van der Waals surface area contributed by atoms with Gasteiger partial charge in [-0.05, 0) is 36.8 Å². The third kappa shape index (κ3) is 6.29. The molecule has 1 aromatic carbocycles. The van der Waals surface area contributed by atoms with Crippen LogP contribution in [0.1, 0.15) is 43.8 Å². The molecule has 0 fully saturated rings. The van der Waals surface area contributed by atoms with E-state index >= 15 is 0 Å². The highest BCUT2D eigenvalue weighted by molar-refractivity contribution is 7.16. The number of nitrogens with zero attached hydrogens (tertiary/aromatic N) is 2. The number of benzene rings is 1. The van der Waals surface area contributed by atoms with Crippen molar-refractivity contribution in [3.63, 3.8) is 0 Å². The second-order valence-electron chi connectivity index (χ2n) is 7.57. The minimum absolute atomic E-state index is 0.0235. The number of halogens is 3. The molecule has 190 valence electrons. The van der Waals surface area contributed by atoms with Crippen molar-refractivity contribution in [2.75, 3.05) is 13.6 Å². The van der Waals surface area contributed by atoms with E-state index in [1.165, 1.54) is 36.2 Å². The van der Waals surface area contributed by atoms with Gasteiger partial charge in [0, 0.05) is 19.0 Å². The molecule has 2 aromatic heterocycles. The van der Waals surface area contributed by atoms with E-state index in [2.05, 4.69) is 10.5 Å². The van der Waals surface area contributed by atoms with Crippen molar-refractivity contribution in [2.24, 2.45) is 5.10 Å². The number of hydrazone groups is 1. The molecular weight excluding hydrogens is 519 g/mol. The molecule has 0 aliphatic heterocycles. The van der Waals surface area contributed by atoms with Crippen molar-refractivity contribution in [1.29, 1.82) is 0 Å². The number of hydrogen-bond acceptors (Lipinski definition) is 7. The van der Waals surface area contributed by atoms with Crippen LogP contribution in [0.5, 0.6) is 5.75 Å². The zero-order chi connectivity index (χ0) is 26.6. The fraction of sp³-hybridized carbons (Fsp3) is 0.217. The predicted molar refractivity (Wildman–Crippen MR) is 130 cm³/mol. The molecule has 13 heteroatoms. The van der Waals surface area contributed by atoms with E-state index in [1.807, 2.05) is 0 Å². The van der Waals surface area contributed by atoms with Crippen LogP contribution in [0.2, 0.25) is 0 Å². The summed E-state index contributed by atoms with van der Waals surface area (Å²) in [5, 5.41) is 24.9.